The Balaban J connectivity index is 1.98. The third-order valence-electron chi connectivity index (χ3n) is 4.23. The van der Waals surface area contributed by atoms with E-state index in [1.165, 1.54) is 11.1 Å². The summed E-state index contributed by atoms with van der Waals surface area (Å²) in [5.41, 5.74) is 2.41. The lowest BCUT2D eigenvalue weighted by Gasteiger charge is -2.28. The Morgan fingerprint density at radius 3 is 2.81 bits per heavy atom. The molecule has 1 aliphatic heterocycles. The lowest BCUT2D eigenvalue weighted by molar-refractivity contribution is -0.123. The van der Waals surface area contributed by atoms with Gasteiger partial charge >= 0.3 is 0 Å². The van der Waals surface area contributed by atoms with Crippen LogP contribution >= 0.6 is 0 Å². The van der Waals surface area contributed by atoms with Crippen molar-refractivity contribution in [3.63, 3.8) is 0 Å². The number of carbonyl (C=O) groups excluding carboxylic acids is 1. The molecule has 2 unspecified atom stereocenters. The highest BCUT2D eigenvalue weighted by molar-refractivity contribution is 5.84. The van der Waals surface area contributed by atoms with Gasteiger partial charge in [-0.25, -0.2) is 0 Å². The molecular formula is C17H27N3O. The van der Waals surface area contributed by atoms with Gasteiger partial charge in [-0.1, -0.05) is 38.1 Å². The number of likely N-dealkylation sites (N-methyl/N-ethyl adjacent to an activating group) is 1. The highest BCUT2D eigenvalue weighted by atomic mass is 16.2. The second-order valence-electron chi connectivity index (χ2n) is 5.78. The van der Waals surface area contributed by atoms with Crippen molar-refractivity contribution >= 4 is 5.91 Å². The number of hydrogen-bond acceptors (Lipinski definition) is 3. The highest BCUT2D eigenvalue weighted by Gasteiger charge is 2.26. The zero-order valence-corrected chi connectivity index (χ0v) is 13.4. The van der Waals surface area contributed by atoms with Crippen molar-refractivity contribution in [1.82, 2.24) is 15.5 Å². The molecule has 4 heteroatoms. The molecule has 0 aromatic heterocycles. The van der Waals surface area contributed by atoms with Crippen LogP contribution in [-0.2, 0) is 11.3 Å². The molecule has 21 heavy (non-hydrogen) atoms. The van der Waals surface area contributed by atoms with Gasteiger partial charge in [-0.2, -0.15) is 0 Å². The van der Waals surface area contributed by atoms with E-state index in [1.54, 1.807) is 0 Å². The smallest absolute Gasteiger partial charge is 0.229 e. The van der Waals surface area contributed by atoms with Crippen LogP contribution in [0.3, 0.4) is 0 Å². The first-order valence-corrected chi connectivity index (χ1v) is 7.96. The van der Waals surface area contributed by atoms with Crippen LogP contribution in [0.15, 0.2) is 24.3 Å². The Morgan fingerprint density at radius 2 is 2.10 bits per heavy atom. The maximum Gasteiger partial charge on any atom is 0.229 e. The number of amides is 1. The molecule has 0 radical (unpaired) electrons. The summed E-state index contributed by atoms with van der Waals surface area (Å²) in [5, 5.41) is 6.51. The van der Waals surface area contributed by atoms with Gasteiger partial charge in [0.2, 0.25) is 5.91 Å². The number of fused-ring (bicyclic) bond motifs is 1. The fourth-order valence-corrected chi connectivity index (χ4v) is 2.99. The van der Waals surface area contributed by atoms with Crippen LogP contribution in [0.5, 0.6) is 0 Å². The van der Waals surface area contributed by atoms with Gasteiger partial charge in [0.1, 0.15) is 0 Å². The van der Waals surface area contributed by atoms with Crippen LogP contribution in [0.1, 0.15) is 37.8 Å². The number of hydrogen-bond donors (Lipinski definition) is 2. The average Bonchev–Trinajstić information content (AvgIpc) is 2.51. The second kappa shape index (κ2) is 7.57. The molecule has 1 amide bonds. The van der Waals surface area contributed by atoms with Gasteiger partial charge in [0.05, 0.1) is 5.92 Å². The Hall–Kier alpha value is -1.39. The standard InChI is InChI=1S/C17H27N3O/c1-4-20(5-2)12-13(3)19-17(21)16-11-18-10-14-8-6-7-9-15(14)16/h6-9,13,16,18H,4-5,10-12H2,1-3H3,(H,19,21). The predicted molar refractivity (Wildman–Crippen MR) is 86.3 cm³/mol. The summed E-state index contributed by atoms with van der Waals surface area (Å²) < 4.78 is 0. The number of nitrogens with zero attached hydrogens (tertiary/aromatic N) is 1. The van der Waals surface area contributed by atoms with E-state index in [9.17, 15) is 4.79 Å². The number of carbonyl (C=O) groups is 1. The SMILES string of the molecule is CCN(CC)CC(C)NC(=O)C1CNCc2ccccc21. The maximum absolute atomic E-state index is 12.6. The maximum atomic E-state index is 12.6. The molecule has 2 atom stereocenters. The molecule has 0 spiro atoms. The number of benzene rings is 1. The third-order valence-corrected chi connectivity index (χ3v) is 4.23. The molecule has 1 aliphatic rings. The predicted octanol–water partition coefficient (Wildman–Crippen LogP) is 1.72. The minimum Gasteiger partial charge on any atom is -0.352 e. The summed E-state index contributed by atoms with van der Waals surface area (Å²) in [6.07, 6.45) is 0. The molecule has 0 aliphatic carbocycles. The molecule has 0 fully saturated rings. The van der Waals surface area contributed by atoms with Gasteiger partial charge in [-0.3, -0.25) is 4.79 Å². The molecule has 4 nitrogen and oxygen atoms in total. The molecule has 116 valence electrons. The Labute approximate surface area is 127 Å². The lowest BCUT2D eigenvalue weighted by atomic mass is 9.90. The van der Waals surface area contributed by atoms with E-state index in [4.69, 9.17) is 0 Å². The van der Waals surface area contributed by atoms with Crippen LogP contribution in [0.2, 0.25) is 0 Å². The van der Waals surface area contributed by atoms with Gasteiger partial charge < -0.3 is 15.5 Å². The third kappa shape index (κ3) is 4.05. The van der Waals surface area contributed by atoms with Crippen molar-refractivity contribution in [3.05, 3.63) is 35.4 Å². The lowest BCUT2D eigenvalue weighted by Crippen LogP contribution is -2.46. The Bertz CT molecular complexity index is 471. The summed E-state index contributed by atoms with van der Waals surface area (Å²) in [5.74, 6) is 0.0587. The molecule has 1 heterocycles. The molecule has 1 aromatic carbocycles. The average molecular weight is 289 g/mol. The van der Waals surface area contributed by atoms with Crippen molar-refractivity contribution in [2.45, 2.75) is 39.3 Å². The van der Waals surface area contributed by atoms with Gasteiger partial charge in [-0.15, -0.1) is 0 Å². The van der Waals surface area contributed by atoms with Gasteiger partial charge in [0.15, 0.2) is 0 Å². The summed E-state index contributed by atoms with van der Waals surface area (Å²) in [6, 6.07) is 8.40. The van der Waals surface area contributed by atoms with Crippen LogP contribution < -0.4 is 10.6 Å². The molecule has 0 saturated heterocycles. The van der Waals surface area contributed by atoms with Crippen molar-refractivity contribution in [2.75, 3.05) is 26.2 Å². The second-order valence-corrected chi connectivity index (χ2v) is 5.78. The number of nitrogens with one attached hydrogen (secondary N) is 2. The largest absolute Gasteiger partial charge is 0.352 e. The fourth-order valence-electron chi connectivity index (χ4n) is 2.99. The van der Waals surface area contributed by atoms with E-state index < -0.39 is 0 Å². The summed E-state index contributed by atoms with van der Waals surface area (Å²) >= 11 is 0. The van der Waals surface area contributed by atoms with Crippen LogP contribution in [-0.4, -0.2) is 43.0 Å². The quantitative estimate of drug-likeness (QED) is 0.838. The Kier molecular flexibility index (Phi) is 5.76. The Morgan fingerprint density at radius 1 is 1.38 bits per heavy atom. The van der Waals surface area contributed by atoms with Gasteiger partial charge in [0.25, 0.3) is 0 Å². The van der Waals surface area contributed by atoms with Crippen molar-refractivity contribution < 1.29 is 4.79 Å². The highest BCUT2D eigenvalue weighted by Crippen LogP contribution is 2.23. The first-order chi connectivity index (χ1) is 10.2. The molecular weight excluding hydrogens is 262 g/mol. The first-order valence-electron chi connectivity index (χ1n) is 7.96. The van der Waals surface area contributed by atoms with Gasteiger partial charge in [-0.05, 0) is 31.1 Å². The topological polar surface area (TPSA) is 44.4 Å². The van der Waals surface area contributed by atoms with Crippen LogP contribution in [0.4, 0.5) is 0 Å². The fraction of sp³-hybridized carbons (Fsp3) is 0.588. The van der Waals surface area contributed by atoms with Crippen molar-refractivity contribution in [1.29, 1.82) is 0 Å². The summed E-state index contributed by atoms with van der Waals surface area (Å²) in [4.78, 5) is 14.9. The molecule has 0 bridgehead atoms. The zero-order valence-electron chi connectivity index (χ0n) is 13.4. The summed E-state index contributed by atoms with van der Waals surface area (Å²) in [6.45, 7) is 10.9. The van der Waals surface area contributed by atoms with Gasteiger partial charge in [0, 0.05) is 25.7 Å². The minimum atomic E-state index is -0.0749. The van der Waals surface area contributed by atoms with E-state index >= 15 is 0 Å². The number of rotatable bonds is 6. The first kappa shape index (κ1) is 16.0. The van der Waals surface area contributed by atoms with E-state index in [0.29, 0.717) is 0 Å². The van der Waals surface area contributed by atoms with Crippen LogP contribution in [0, 0.1) is 0 Å². The van der Waals surface area contributed by atoms with E-state index in [2.05, 4.69) is 48.4 Å². The van der Waals surface area contributed by atoms with Crippen molar-refractivity contribution in [3.8, 4) is 0 Å². The van der Waals surface area contributed by atoms with Crippen LogP contribution in [0.25, 0.3) is 0 Å². The molecule has 2 rings (SSSR count). The monoisotopic (exact) mass is 289 g/mol. The normalized spacial score (nSPS) is 19.1. The zero-order chi connectivity index (χ0) is 15.2. The molecule has 1 aromatic rings. The van der Waals surface area contributed by atoms with Crippen molar-refractivity contribution in [2.24, 2.45) is 0 Å². The minimum absolute atomic E-state index is 0.0749. The van der Waals surface area contributed by atoms with E-state index in [1.807, 2.05) is 12.1 Å². The molecule has 0 saturated carbocycles. The molecule has 2 N–H and O–H groups in total. The summed E-state index contributed by atoms with van der Waals surface area (Å²) in [7, 11) is 0. The van der Waals surface area contributed by atoms with E-state index in [-0.39, 0.29) is 17.9 Å². The van der Waals surface area contributed by atoms with E-state index in [0.717, 1.165) is 32.7 Å².